The topological polar surface area (TPSA) is 55.1 Å². The molecule has 4 rings (SSSR count). The molecule has 27 heavy (non-hydrogen) atoms. The van der Waals surface area contributed by atoms with Gasteiger partial charge in [0, 0.05) is 11.1 Å². The SMILES string of the molecule is CCC(c1cnn2c(Nc3c(Cl)cc(C)c(F)c3C)nc(C)nc12)C1CC1. The molecule has 0 spiro atoms. The lowest BCUT2D eigenvalue weighted by Crippen LogP contribution is -2.09. The van der Waals surface area contributed by atoms with Crippen LogP contribution in [0, 0.1) is 32.5 Å². The fraction of sp³-hybridized carbons (Fsp3) is 0.450. The van der Waals surface area contributed by atoms with Crippen LogP contribution < -0.4 is 5.32 Å². The third-order valence-electron chi connectivity index (χ3n) is 5.41. The van der Waals surface area contributed by atoms with Crippen LogP contribution >= 0.6 is 11.6 Å². The summed E-state index contributed by atoms with van der Waals surface area (Å²) in [7, 11) is 0. The fourth-order valence-corrected chi connectivity index (χ4v) is 4.18. The van der Waals surface area contributed by atoms with Crippen LogP contribution in [0.25, 0.3) is 5.65 Å². The maximum absolute atomic E-state index is 14.4. The average molecular weight is 388 g/mol. The van der Waals surface area contributed by atoms with Gasteiger partial charge in [-0.25, -0.2) is 9.37 Å². The molecule has 1 atom stereocenters. The number of nitrogens with one attached hydrogen (secondary N) is 1. The maximum Gasteiger partial charge on any atom is 0.232 e. The van der Waals surface area contributed by atoms with E-state index in [4.69, 9.17) is 11.6 Å². The van der Waals surface area contributed by atoms with Gasteiger partial charge in [0.1, 0.15) is 11.6 Å². The van der Waals surface area contributed by atoms with Crippen molar-refractivity contribution in [1.29, 1.82) is 0 Å². The predicted octanol–water partition coefficient (Wildman–Crippen LogP) is 5.49. The summed E-state index contributed by atoms with van der Waals surface area (Å²) in [4.78, 5) is 9.12. The number of halogens is 2. The van der Waals surface area contributed by atoms with E-state index < -0.39 is 0 Å². The molecule has 1 aliphatic carbocycles. The number of fused-ring (bicyclic) bond motifs is 1. The molecule has 0 radical (unpaired) electrons. The van der Waals surface area contributed by atoms with E-state index >= 15 is 0 Å². The zero-order valence-electron chi connectivity index (χ0n) is 16.0. The van der Waals surface area contributed by atoms with Crippen molar-refractivity contribution in [3.05, 3.63) is 45.6 Å². The summed E-state index contributed by atoms with van der Waals surface area (Å²) in [5.41, 5.74) is 3.45. The zero-order chi connectivity index (χ0) is 19.3. The highest BCUT2D eigenvalue weighted by Gasteiger charge is 2.33. The predicted molar refractivity (Wildman–Crippen MR) is 105 cm³/mol. The molecule has 0 bridgehead atoms. The summed E-state index contributed by atoms with van der Waals surface area (Å²) < 4.78 is 16.1. The molecule has 0 amide bonds. The summed E-state index contributed by atoms with van der Waals surface area (Å²) in [5, 5.41) is 8.16. The van der Waals surface area contributed by atoms with Crippen molar-refractivity contribution in [3.63, 3.8) is 0 Å². The molecule has 2 heterocycles. The monoisotopic (exact) mass is 387 g/mol. The quantitative estimate of drug-likeness (QED) is 0.629. The van der Waals surface area contributed by atoms with Crippen LogP contribution in [0.15, 0.2) is 12.3 Å². The molecule has 2 aromatic heterocycles. The second kappa shape index (κ2) is 6.75. The van der Waals surface area contributed by atoms with Gasteiger partial charge in [-0.1, -0.05) is 18.5 Å². The molecule has 1 fully saturated rings. The minimum Gasteiger partial charge on any atom is -0.322 e. The van der Waals surface area contributed by atoms with Gasteiger partial charge >= 0.3 is 0 Å². The molecule has 1 aromatic carbocycles. The van der Waals surface area contributed by atoms with Gasteiger partial charge in [-0.3, -0.25) is 0 Å². The van der Waals surface area contributed by atoms with Crippen molar-refractivity contribution < 1.29 is 4.39 Å². The van der Waals surface area contributed by atoms with E-state index in [1.54, 1.807) is 24.4 Å². The highest BCUT2D eigenvalue weighted by Crippen LogP contribution is 2.45. The summed E-state index contributed by atoms with van der Waals surface area (Å²) in [6.45, 7) is 7.46. The molecule has 3 aromatic rings. The number of hydrogen-bond acceptors (Lipinski definition) is 4. The molecule has 0 saturated heterocycles. The minimum atomic E-state index is -0.273. The van der Waals surface area contributed by atoms with Gasteiger partial charge in [0.2, 0.25) is 5.95 Å². The first-order chi connectivity index (χ1) is 12.9. The summed E-state index contributed by atoms with van der Waals surface area (Å²) >= 11 is 6.37. The number of rotatable bonds is 5. The van der Waals surface area contributed by atoms with E-state index in [1.807, 2.05) is 13.1 Å². The van der Waals surface area contributed by atoms with E-state index in [0.29, 0.717) is 39.5 Å². The molecule has 0 aliphatic heterocycles. The maximum atomic E-state index is 14.4. The largest absolute Gasteiger partial charge is 0.322 e. The van der Waals surface area contributed by atoms with Gasteiger partial charge in [0.15, 0.2) is 5.65 Å². The number of aromatic nitrogens is 4. The second-order valence-corrected chi connectivity index (χ2v) is 7.80. The number of nitrogens with zero attached hydrogens (tertiary/aromatic N) is 4. The summed E-state index contributed by atoms with van der Waals surface area (Å²) in [6, 6.07) is 1.62. The van der Waals surface area contributed by atoms with E-state index in [0.717, 1.165) is 23.5 Å². The van der Waals surface area contributed by atoms with E-state index in [9.17, 15) is 4.39 Å². The van der Waals surface area contributed by atoms with Crippen LogP contribution in [0.2, 0.25) is 5.02 Å². The van der Waals surface area contributed by atoms with Crippen molar-refractivity contribution in [1.82, 2.24) is 19.6 Å². The van der Waals surface area contributed by atoms with Crippen molar-refractivity contribution in [3.8, 4) is 0 Å². The van der Waals surface area contributed by atoms with E-state index in [2.05, 4.69) is 27.3 Å². The minimum absolute atomic E-state index is 0.273. The van der Waals surface area contributed by atoms with Crippen LogP contribution in [0.1, 0.15) is 54.6 Å². The fourth-order valence-electron chi connectivity index (χ4n) is 3.82. The molecular formula is C20H23ClFN5. The standard InChI is InChI=1S/C20H23ClFN5/c1-5-14(13-6-7-13)15-9-23-27-19(15)24-12(4)25-20(27)26-18-11(3)17(22)10(2)8-16(18)21/h8-9,13-14H,5-7H2,1-4H3,(H,24,25,26). The molecule has 1 aliphatic rings. The normalized spacial score (nSPS) is 15.3. The van der Waals surface area contributed by atoms with Gasteiger partial charge in [0.05, 0.1) is 16.9 Å². The lowest BCUT2D eigenvalue weighted by Gasteiger charge is -2.15. The molecule has 1 N–H and O–H groups in total. The van der Waals surface area contributed by atoms with Crippen molar-refractivity contribution in [2.45, 2.75) is 52.9 Å². The van der Waals surface area contributed by atoms with E-state index in [-0.39, 0.29) is 5.82 Å². The van der Waals surface area contributed by atoms with Crippen LogP contribution in [0.4, 0.5) is 16.0 Å². The van der Waals surface area contributed by atoms with Crippen molar-refractivity contribution in [2.24, 2.45) is 5.92 Å². The average Bonchev–Trinajstić information content (AvgIpc) is 3.38. The lowest BCUT2D eigenvalue weighted by atomic mass is 9.94. The Morgan fingerprint density at radius 3 is 2.70 bits per heavy atom. The Morgan fingerprint density at radius 1 is 1.30 bits per heavy atom. The molecule has 1 unspecified atom stereocenters. The summed E-state index contributed by atoms with van der Waals surface area (Å²) in [5.74, 6) is 2.04. The highest BCUT2D eigenvalue weighted by atomic mass is 35.5. The number of anilines is 2. The van der Waals surface area contributed by atoms with Crippen LogP contribution in [0.3, 0.4) is 0 Å². The van der Waals surface area contributed by atoms with Crippen molar-refractivity contribution >= 4 is 28.9 Å². The molecular weight excluding hydrogens is 365 g/mol. The highest BCUT2D eigenvalue weighted by molar-refractivity contribution is 6.33. The Kier molecular flexibility index (Phi) is 4.54. The lowest BCUT2D eigenvalue weighted by molar-refractivity contribution is 0.589. The van der Waals surface area contributed by atoms with Crippen LogP contribution in [-0.2, 0) is 0 Å². The van der Waals surface area contributed by atoms with Crippen LogP contribution in [-0.4, -0.2) is 19.6 Å². The zero-order valence-corrected chi connectivity index (χ0v) is 16.7. The number of benzene rings is 1. The van der Waals surface area contributed by atoms with Gasteiger partial charge in [-0.05, 0) is 63.5 Å². The first-order valence-electron chi connectivity index (χ1n) is 9.35. The second-order valence-electron chi connectivity index (χ2n) is 7.40. The van der Waals surface area contributed by atoms with E-state index in [1.165, 1.54) is 12.8 Å². The molecule has 7 heteroatoms. The van der Waals surface area contributed by atoms with Gasteiger partial charge in [-0.15, -0.1) is 0 Å². The number of aryl methyl sites for hydroxylation is 2. The Bertz CT molecular complexity index is 1030. The Hall–Kier alpha value is -2.21. The Balaban J connectivity index is 1.82. The molecule has 1 saturated carbocycles. The van der Waals surface area contributed by atoms with Crippen molar-refractivity contribution in [2.75, 3.05) is 5.32 Å². The van der Waals surface area contributed by atoms with Crippen LogP contribution in [0.5, 0.6) is 0 Å². The smallest absolute Gasteiger partial charge is 0.232 e. The first-order valence-corrected chi connectivity index (χ1v) is 9.73. The Labute approximate surface area is 163 Å². The third kappa shape index (κ3) is 3.16. The van der Waals surface area contributed by atoms with Gasteiger partial charge in [0.25, 0.3) is 0 Å². The van der Waals surface area contributed by atoms with Gasteiger partial charge < -0.3 is 5.32 Å². The summed E-state index contributed by atoms with van der Waals surface area (Å²) in [6.07, 6.45) is 5.49. The van der Waals surface area contributed by atoms with Gasteiger partial charge in [-0.2, -0.15) is 14.6 Å². The molecule has 142 valence electrons. The third-order valence-corrected chi connectivity index (χ3v) is 5.70. The number of hydrogen-bond donors (Lipinski definition) is 1. The first kappa shape index (κ1) is 18.2. The molecule has 5 nitrogen and oxygen atoms in total. The Morgan fingerprint density at radius 2 is 2.04 bits per heavy atom.